The number of amides is 3. The van der Waals surface area contributed by atoms with E-state index < -0.39 is 0 Å². The molecule has 2 rings (SSSR count). The van der Waals surface area contributed by atoms with E-state index in [4.69, 9.17) is 0 Å². The fourth-order valence-electron chi connectivity index (χ4n) is 3.04. The summed E-state index contributed by atoms with van der Waals surface area (Å²) in [7, 11) is 0. The lowest BCUT2D eigenvalue weighted by molar-refractivity contribution is -0.130. The molecule has 0 aromatic heterocycles. The molecule has 1 aromatic carbocycles. The van der Waals surface area contributed by atoms with Gasteiger partial charge in [-0.2, -0.15) is 0 Å². The second kappa shape index (κ2) is 7.89. The van der Waals surface area contributed by atoms with Crippen molar-refractivity contribution in [3.8, 4) is 0 Å². The number of urea groups is 1. The molecule has 0 unspecified atom stereocenters. The van der Waals surface area contributed by atoms with Crippen molar-refractivity contribution in [3.63, 3.8) is 0 Å². The van der Waals surface area contributed by atoms with Gasteiger partial charge >= 0.3 is 6.03 Å². The number of rotatable bonds is 2. The second-order valence-electron chi connectivity index (χ2n) is 8.01. The number of carbonyl (C=O) groups excluding carboxylic acids is 2. The molecule has 1 aliphatic rings. The second-order valence-corrected chi connectivity index (χ2v) is 8.01. The van der Waals surface area contributed by atoms with Gasteiger partial charge in [-0.1, -0.05) is 23.8 Å². The monoisotopic (exact) mass is 345 g/mol. The van der Waals surface area contributed by atoms with Crippen molar-refractivity contribution in [1.82, 2.24) is 15.1 Å². The third-order valence-corrected chi connectivity index (χ3v) is 4.46. The summed E-state index contributed by atoms with van der Waals surface area (Å²) in [5, 5.41) is 3.00. The topological polar surface area (TPSA) is 52.7 Å². The Labute approximate surface area is 151 Å². The molecule has 0 atom stereocenters. The molecule has 138 valence electrons. The van der Waals surface area contributed by atoms with E-state index in [1.807, 2.05) is 44.4 Å². The molecule has 1 N–H and O–H groups in total. The van der Waals surface area contributed by atoms with E-state index >= 15 is 0 Å². The van der Waals surface area contributed by atoms with Gasteiger partial charge in [-0.15, -0.1) is 0 Å². The summed E-state index contributed by atoms with van der Waals surface area (Å²) in [6.45, 7) is 12.6. The maximum Gasteiger partial charge on any atom is 0.317 e. The van der Waals surface area contributed by atoms with E-state index in [2.05, 4.69) is 23.5 Å². The van der Waals surface area contributed by atoms with Gasteiger partial charge in [0.1, 0.15) is 0 Å². The summed E-state index contributed by atoms with van der Waals surface area (Å²) < 4.78 is 0. The maximum atomic E-state index is 12.7. The van der Waals surface area contributed by atoms with E-state index in [1.54, 1.807) is 0 Å². The van der Waals surface area contributed by atoms with E-state index in [1.165, 1.54) is 5.56 Å². The Morgan fingerprint density at radius 2 is 1.68 bits per heavy atom. The minimum Gasteiger partial charge on any atom is -0.341 e. The summed E-state index contributed by atoms with van der Waals surface area (Å²) in [5.41, 5.74) is 3.17. The fraction of sp³-hybridized carbons (Fsp3) is 0.600. The minimum absolute atomic E-state index is 0.0451. The van der Waals surface area contributed by atoms with Gasteiger partial charge in [-0.3, -0.25) is 4.79 Å². The van der Waals surface area contributed by atoms with Crippen LogP contribution < -0.4 is 5.32 Å². The van der Waals surface area contributed by atoms with Crippen LogP contribution in [0.3, 0.4) is 0 Å². The molecule has 1 aliphatic heterocycles. The first kappa shape index (κ1) is 19.3. The third kappa shape index (κ3) is 5.76. The largest absolute Gasteiger partial charge is 0.341 e. The number of nitrogens with zero attached hydrogens (tertiary/aromatic N) is 2. The number of benzene rings is 1. The number of hydrogen-bond donors (Lipinski definition) is 1. The molecule has 1 heterocycles. The zero-order chi connectivity index (χ0) is 18.6. The zero-order valence-electron chi connectivity index (χ0n) is 16.2. The molecule has 1 aromatic rings. The summed E-state index contributed by atoms with van der Waals surface area (Å²) in [5.74, 6) is 0.145. The Bertz CT molecular complexity index is 634. The summed E-state index contributed by atoms with van der Waals surface area (Å²) >= 11 is 0. The Balaban J connectivity index is 1.95. The summed E-state index contributed by atoms with van der Waals surface area (Å²) in [4.78, 5) is 28.7. The van der Waals surface area contributed by atoms with Crippen LogP contribution in [0.25, 0.3) is 0 Å². The van der Waals surface area contributed by atoms with Crippen LogP contribution in [0.5, 0.6) is 0 Å². The Morgan fingerprint density at radius 3 is 2.36 bits per heavy atom. The Kier molecular flexibility index (Phi) is 6.09. The van der Waals surface area contributed by atoms with Crippen LogP contribution in [0, 0.1) is 13.8 Å². The average molecular weight is 345 g/mol. The normalized spacial score (nSPS) is 15.7. The zero-order valence-corrected chi connectivity index (χ0v) is 16.2. The highest BCUT2D eigenvalue weighted by atomic mass is 16.2. The van der Waals surface area contributed by atoms with Gasteiger partial charge in [-0.25, -0.2) is 4.79 Å². The van der Waals surface area contributed by atoms with Crippen molar-refractivity contribution >= 4 is 11.9 Å². The van der Waals surface area contributed by atoms with E-state index in [9.17, 15) is 9.59 Å². The molecule has 0 saturated carbocycles. The molecule has 0 bridgehead atoms. The number of nitrogens with one attached hydrogen (secondary N) is 1. The van der Waals surface area contributed by atoms with Gasteiger partial charge in [0.2, 0.25) is 5.91 Å². The molecular formula is C20H31N3O2. The molecular weight excluding hydrogens is 314 g/mol. The SMILES string of the molecule is Cc1ccc(C)c(CC(=O)N2CCCN(C(=O)NC(C)(C)C)CC2)c1. The van der Waals surface area contributed by atoms with Crippen molar-refractivity contribution in [2.75, 3.05) is 26.2 Å². The van der Waals surface area contributed by atoms with Crippen LogP contribution in [0.1, 0.15) is 43.9 Å². The van der Waals surface area contributed by atoms with Crippen molar-refractivity contribution < 1.29 is 9.59 Å². The highest BCUT2D eigenvalue weighted by molar-refractivity contribution is 5.79. The first-order chi connectivity index (χ1) is 11.7. The van der Waals surface area contributed by atoms with Crippen molar-refractivity contribution in [1.29, 1.82) is 0 Å². The highest BCUT2D eigenvalue weighted by Gasteiger charge is 2.24. The van der Waals surface area contributed by atoms with E-state index in [0.29, 0.717) is 32.6 Å². The van der Waals surface area contributed by atoms with Gasteiger partial charge in [0.15, 0.2) is 0 Å². The molecule has 5 heteroatoms. The molecule has 0 spiro atoms. The van der Waals surface area contributed by atoms with Crippen molar-refractivity contribution in [2.45, 2.75) is 53.0 Å². The Morgan fingerprint density at radius 1 is 1.04 bits per heavy atom. The molecule has 0 radical (unpaired) electrons. The Hall–Kier alpha value is -2.04. The molecule has 5 nitrogen and oxygen atoms in total. The third-order valence-electron chi connectivity index (χ3n) is 4.46. The average Bonchev–Trinajstić information content (AvgIpc) is 2.75. The van der Waals surface area contributed by atoms with Crippen LogP contribution in [-0.2, 0) is 11.2 Å². The van der Waals surface area contributed by atoms with Crippen LogP contribution in [0.2, 0.25) is 0 Å². The van der Waals surface area contributed by atoms with Crippen molar-refractivity contribution in [3.05, 3.63) is 34.9 Å². The summed E-state index contributed by atoms with van der Waals surface area (Å²) in [6, 6.07) is 6.19. The molecule has 1 saturated heterocycles. The lowest BCUT2D eigenvalue weighted by atomic mass is 10.0. The van der Waals surface area contributed by atoms with Crippen LogP contribution in [0.4, 0.5) is 4.79 Å². The molecule has 0 aliphatic carbocycles. The predicted octanol–water partition coefficient (Wildman–Crippen LogP) is 2.89. The number of aryl methyl sites for hydroxylation is 2. The lowest BCUT2D eigenvalue weighted by Gasteiger charge is -2.27. The highest BCUT2D eigenvalue weighted by Crippen LogP contribution is 2.14. The number of hydrogen-bond acceptors (Lipinski definition) is 2. The van der Waals surface area contributed by atoms with Crippen LogP contribution >= 0.6 is 0 Å². The van der Waals surface area contributed by atoms with Crippen LogP contribution in [-0.4, -0.2) is 53.5 Å². The number of carbonyl (C=O) groups is 2. The van der Waals surface area contributed by atoms with E-state index in [0.717, 1.165) is 17.5 Å². The van der Waals surface area contributed by atoms with Gasteiger partial charge in [0.05, 0.1) is 6.42 Å². The van der Waals surface area contributed by atoms with Crippen molar-refractivity contribution in [2.24, 2.45) is 0 Å². The standard InChI is InChI=1S/C20H31N3O2/c1-15-7-8-16(2)17(13-15)14-18(24)22-9-6-10-23(12-11-22)19(25)21-20(3,4)5/h7-8,13H,6,9-12,14H2,1-5H3,(H,21,25). The molecule has 3 amide bonds. The van der Waals surface area contributed by atoms with Crippen LogP contribution in [0.15, 0.2) is 18.2 Å². The quantitative estimate of drug-likeness (QED) is 0.896. The molecule has 1 fully saturated rings. The maximum absolute atomic E-state index is 12.7. The fourth-order valence-corrected chi connectivity index (χ4v) is 3.04. The first-order valence-electron chi connectivity index (χ1n) is 9.07. The summed E-state index contributed by atoms with van der Waals surface area (Å²) in [6.07, 6.45) is 1.25. The smallest absolute Gasteiger partial charge is 0.317 e. The molecule has 25 heavy (non-hydrogen) atoms. The minimum atomic E-state index is -0.248. The first-order valence-corrected chi connectivity index (χ1v) is 9.07. The van der Waals surface area contributed by atoms with E-state index in [-0.39, 0.29) is 17.5 Å². The van der Waals surface area contributed by atoms with Gasteiger partial charge in [-0.05, 0) is 52.2 Å². The van der Waals surface area contributed by atoms with Gasteiger partial charge in [0, 0.05) is 31.7 Å². The predicted molar refractivity (Wildman–Crippen MR) is 101 cm³/mol. The lowest BCUT2D eigenvalue weighted by Crippen LogP contribution is -2.49. The van der Waals surface area contributed by atoms with Gasteiger partial charge < -0.3 is 15.1 Å². The van der Waals surface area contributed by atoms with Gasteiger partial charge in [0.25, 0.3) is 0 Å².